The van der Waals surface area contributed by atoms with Crippen LogP contribution in [0.3, 0.4) is 0 Å². The molecule has 7 heteroatoms. The van der Waals surface area contributed by atoms with Crippen LogP contribution in [0, 0.1) is 0 Å². The maximum atomic E-state index is 12.2. The Labute approximate surface area is 193 Å². The number of hydrogen-bond donors (Lipinski definition) is 2. The van der Waals surface area contributed by atoms with E-state index in [2.05, 4.69) is 0 Å². The van der Waals surface area contributed by atoms with Crippen molar-refractivity contribution >= 4 is 23.5 Å². The van der Waals surface area contributed by atoms with Crippen LogP contribution < -0.4 is 0 Å². The Morgan fingerprint density at radius 2 is 1.97 bits per heavy atom. The monoisotopic (exact) mass is 457 g/mol. The van der Waals surface area contributed by atoms with Crippen molar-refractivity contribution in [1.82, 2.24) is 4.90 Å². The number of aliphatic hydroxyl groups excluding tert-OH is 1. The van der Waals surface area contributed by atoms with Crippen LogP contribution in [0.1, 0.15) is 37.4 Å². The molecular weight excluding hydrogens is 430 g/mol. The van der Waals surface area contributed by atoms with Crippen molar-refractivity contribution in [1.29, 1.82) is 0 Å². The maximum Gasteiger partial charge on any atom is 0.329 e. The molecule has 0 radical (unpaired) electrons. The second-order valence-corrected chi connectivity index (χ2v) is 8.25. The number of unbranched alkanes of at least 4 members (excludes halogenated alkanes) is 1. The predicted molar refractivity (Wildman–Crippen MR) is 123 cm³/mol. The molecule has 3 rings (SSSR count). The minimum absolute atomic E-state index is 0.0449. The van der Waals surface area contributed by atoms with Gasteiger partial charge in [-0.3, -0.25) is 4.79 Å². The number of benzene rings is 2. The average molecular weight is 458 g/mol. The summed E-state index contributed by atoms with van der Waals surface area (Å²) in [4.78, 5) is 24.5. The van der Waals surface area contributed by atoms with Crippen LogP contribution in [-0.4, -0.2) is 52.8 Å². The van der Waals surface area contributed by atoms with Gasteiger partial charge in [0.2, 0.25) is 5.91 Å². The number of nitrogens with zero attached hydrogens (tertiary/aromatic N) is 1. The number of carbonyl (C=O) groups excluding carboxylic acids is 1. The van der Waals surface area contributed by atoms with Gasteiger partial charge in [0.25, 0.3) is 0 Å². The third kappa shape index (κ3) is 6.92. The minimum Gasteiger partial charge on any atom is -0.480 e. The molecule has 0 aromatic heterocycles. The minimum atomic E-state index is -0.984. The van der Waals surface area contributed by atoms with Gasteiger partial charge in [-0.05, 0) is 54.2 Å². The lowest BCUT2D eigenvalue weighted by Crippen LogP contribution is -2.32. The predicted octanol–water partition coefficient (Wildman–Crippen LogP) is 4.47. The lowest BCUT2D eigenvalue weighted by atomic mass is 10.00. The van der Waals surface area contributed by atoms with Gasteiger partial charge in [-0.2, -0.15) is 0 Å². The molecule has 32 heavy (non-hydrogen) atoms. The SMILES string of the molecule is O=C(O)COCCCCN1C(=O)CCC1C=CC(O)c1cccc(-c2ccc(Cl)cc2)c1. The molecule has 2 aromatic rings. The molecule has 2 unspecified atom stereocenters. The van der Waals surface area contributed by atoms with Crippen LogP contribution >= 0.6 is 11.6 Å². The first-order chi connectivity index (χ1) is 15.4. The molecule has 170 valence electrons. The van der Waals surface area contributed by atoms with Gasteiger partial charge >= 0.3 is 5.97 Å². The molecule has 6 nitrogen and oxygen atoms in total. The Morgan fingerprint density at radius 3 is 2.72 bits per heavy atom. The number of hydrogen-bond acceptors (Lipinski definition) is 4. The van der Waals surface area contributed by atoms with Crippen LogP contribution in [0.25, 0.3) is 11.1 Å². The molecule has 1 saturated heterocycles. The number of carboxylic acids is 1. The van der Waals surface area contributed by atoms with Crippen molar-refractivity contribution in [2.45, 2.75) is 37.8 Å². The maximum absolute atomic E-state index is 12.2. The Morgan fingerprint density at radius 1 is 1.19 bits per heavy atom. The van der Waals surface area contributed by atoms with E-state index in [4.69, 9.17) is 21.4 Å². The highest BCUT2D eigenvalue weighted by atomic mass is 35.5. The van der Waals surface area contributed by atoms with Crippen LogP contribution in [0.15, 0.2) is 60.7 Å². The van der Waals surface area contributed by atoms with Gasteiger partial charge < -0.3 is 19.8 Å². The highest BCUT2D eigenvalue weighted by Gasteiger charge is 2.28. The van der Waals surface area contributed by atoms with E-state index in [1.54, 1.807) is 6.08 Å². The Bertz CT molecular complexity index is 944. The van der Waals surface area contributed by atoms with Gasteiger partial charge in [0.1, 0.15) is 6.61 Å². The van der Waals surface area contributed by atoms with E-state index in [1.165, 1.54) is 0 Å². The van der Waals surface area contributed by atoms with E-state index in [0.717, 1.165) is 29.5 Å². The van der Waals surface area contributed by atoms with Crippen molar-refractivity contribution in [3.8, 4) is 11.1 Å². The van der Waals surface area contributed by atoms with E-state index >= 15 is 0 Å². The fourth-order valence-electron chi connectivity index (χ4n) is 3.78. The zero-order valence-corrected chi connectivity index (χ0v) is 18.6. The second kappa shape index (κ2) is 11.8. The van der Waals surface area contributed by atoms with Crippen molar-refractivity contribution < 1.29 is 24.5 Å². The first kappa shape index (κ1) is 24.0. The fourth-order valence-corrected chi connectivity index (χ4v) is 3.91. The van der Waals surface area contributed by atoms with Crippen molar-refractivity contribution in [2.24, 2.45) is 0 Å². The summed E-state index contributed by atoms with van der Waals surface area (Å²) in [5.74, 6) is -0.882. The first-order valence-electron chi connectivity index (χ1n) is 10.8. The third-order valence-electron chi connectivity index (χ3n) is 5.46. The third-order valence-corrected chi connectivity index (χ3v) is 5.71. The Hall–Kier alpha value is -2.67. The summed E-state index contributed by atoms with van der Waals surface area (Å²) in [6.07, 6.45) is 5.52. The first-order valence-corrected chi connectivity index (χ1v) is 11.1. The smallest absolute Gasteiger partial charge is 0.329 e. The number of ether oxygens (including phenoxy) is 1. The summed E-state index contributed by atoms with van der Waals surface area (Å²) in [7, 11) is 0. The van der Waals surface area contributed by atoms with Gasteiger partial charge in [0.05, 0.1) is 12.1 Å². The molecule has 0 aliphatic carbocycles. The van der Waals surface area contributed by atoms with E-state index in [1.807, 2.05) is 59.5 Å². The number of amides is 1. The van der Waals surface area contributed by atoms with Crippen molar-refractivity contribution in [3.63, 3.8) is 0 Å². The number of halogens is 1. The highest BCUT2D eigenvalue weighted by Crippen LogP contribution is 2.26. The molecule has 2 N–H and O–H groups in total. The number of aliphatic carboxylic acids is 1. The summed E-state index contributed by atoms with van der Waals surface area (Å²) in [5.41, 5.74) is 2.79. The molecule has 0 saturated carbocycles. The van der Waals surface area contributed by atoms with Gasteiger partial charge in [-0.1, -0.05) is 54.1 Å². The van der Waals surface area contributed by atoms with Crippen LogP contribution in [0.5, 0.6) is 0 Å². The van der Waals surface area contributed by atoms with E-state index in [9.17, 15) is 14.7 Å². The number of likely N-dealkylation sites (tertiary alicyclic amines) is 1. The van der Waals surface area contributed by atoms with Gasteiger partial charge in [0.15, 0.2) is 0 Å². The van der Waals surface area contributed by atoms with Crippen molar-refractivity contribution in [3.05, 3.63) is 71.3 Å². The normalized spacial score (nSPS) is 17.2. The van der Waals surface area contributed by atoms with Crippen LogP contribution in [0.4, 0.5) is 0 Å². The molecule has 0 bridgehead atoms. The van der Waals surface area contributed by atoms with Gasteiger partial charge in [0, 0.05) is 24.6 Å². The summed E-state index contributed by atoms with van der Waals surface area (Å²) in [6.45, 7) is 0.648. The fraction of sp³-hybridized carbons (Fsp3) is 0.360. The molecule has 2 aromatic carbocycles. The van der Waals surface area contributed by atoms with Crippen LogP contribution in [-0.2, 0) is 14.3 Å². The molecular formula is C25H28ClNO5. The van der Waals surface area contributed by atoms with E-state index < -0.39 is 12.1 Å². The number of carbonyl (C=O) groups is 2. The topological polar surface area (TPSA) is 87.1 Å². The summed E-state index contributed by atoms with van der Waals surface area (Å²) in [5, 5.41) is 19.9. The summed E-state index contributed by atoms with van der Waals surface area (Å²) in [6, 6.07) is 15.2. The summed E-state index contributed by atoms with van der Waals surface area (Å²) >= 11 is 5.97. The average Bonchev–Trinajstić information content (AvgIpc) is 3.14. The van der Waals surface area contributed by atoms with Crippen molar-refractivity contribution in [2.75, 3.05) is 19.8 Å². The lowest BCUT2D eigenvalue weighted by Gasteiger charge is -2.22. The summed E-state index contributed by atoms with van der Waals surface area (Å²) < 4.78 is 5.03. The van der Waals surface area contributed by atoms with E-state index in [0.29, 0.717) is 31.0 Å². The molecule has 1 heterocycles. The van der Waals surface area contributed by atoms with Gasteiger partial charge in [-0.15, -0.1) is 0 Å². The quantitative estimate of drug-likeness (QED) is 0.384. The number of rotatable bonds is 11. The molecule has 1 aliphatic heterocycles. The molecule has 1 aliphatic rings. The molecule has 2 atom stereocenters. The van der Waals surface area contributed by atoms with E-state index in [-0.39, 0.29) is 18.6 Å². The standard InChI is InChI=1S/C25H28ClNO5/c26-21-8-6-18(7-9-21)19-4-3-5-20(16-19)23(28)12-10-22-11-13-24(29)27(22)14-1-2-15-32-17-25(30)31/h3-10,12,16,22-23,28H,1-2,11,13-15,17H2,(H,30,31). The lowest BCUT2D eigenvalue weighted by molar-refractivity contribution is -0.142. The van der Waals surface area contributed by atoms with Gasteiger partial charge in [-0.25, -0.2) is 4.79 Å². The molecule has 1 fully saturated rings. The van der Waals surface area contributed by atoms with Crippen LogP contribution in [0.2, 0.25) is 5.02 Å². The zero-order chi connectivity index (χ0) is 22.9. The largest absolute Gasteiger partial charge is 0.480 e. The highest BCUT2D eigenvalue weighted by molar-refractivity contribution is 6.30. The molecule has 0 spiro atoms. The Balaban J connectivity index is 1.56. The second-order valence-electron chi connectivity index (χ2n) is 7.81. The molecule has 1 amide bonds. The Kier molecular flexibility index (Phi) is 8.85. The zero-order valence-electron chi connectivity index (χ0n) is 17.8. The number of aliphatic hydroxyl groups is 1. The number of carboxylic acid groups (broad SMARTS) is 1.